The van der Waals surface area contributed by atoms with Gasteiger partial charge in [-0.25, -0.2) is 4.98 Å². The molecule has 0 saturated heterocycles. The first kappa shape index (κ1) is 23.8. The third kappa shape index (κ3) is 6.11. The van der Waals surface area contributed by atoms with Crippen LogP contribution in [0.25, 0.3) is 0 Å². The molecule has 2 aromatic rings. The van der Waals surface area contributed by atoms with Crippen molar-refractivity contribution in [3.63, 3.8) is 0 Å². The van der Waals surface area contributed by atoms with Gasteiger partial charge < -0.3 is 31.3 Å². The van der Waals surface area contributed by atoms with Gasteiger partial charge in [0.1, 0.15) is 23.6 Å². The molecular formula is C22H25N5O6. The van der Waals surface area contributed by atoms with E-state index in [0.717, 1.165) is 5.56 Å². The van der Waals surface area contributed by atoms with Crippen LogP contribution in [-0.4, -0.2) is 69.3 Å². The highest BCUT2D eigenvalue weighted by molar-refractivity contribution is 5.97. The predicted octanol–water partition coefficient (Wildman–Crippen LogP) is -1.15. The lowest BCUT2D eigenvalue weighted by atomic mass is 9.89. The van der Waals surface area contributed by atoms with Crippen molar-refractivity contribution < 1.29 is 29.3 Å². The molecule has 1 aromatic heterocycles. The van der Waals surface area contributed by atoms with Gasteiger partial charge in [-0.15, -0.1) is 0 Å². The Labute approximate surface area is 189 Å². The zero-order valence-corrected chi connectivity index (χ0v) is 17.8. The highest BCUT2D eigenvalue weighted by atomic mass is 16.5. The molecule has 0 unspecified atom stereocenters. The third-order valence-electron chi connectivity index (χ3n) is 5.20. The molecule has 0 spiro atoms. The molecule has 33 heavy (non-hydrogen) atoms. The van der Waals surface area contributed by atoms with Crippen molar-refractivity contribution in [2.45, 2.75) is 37.1 Å². The lowest BCUT2D eigenvalue weighted by Crippen LogP contribution is -2.52. The monoisotopic (exact) mass is 455 g/mol. The summed E-state index contributed by atoms with van der Waals surface area (Å²) in [7, 11) is 1.54. The number of carbonyl (C=O) groups is 3. The molecule has 0 saturated carbocycles. The topological polar surface area (TPSA) is 177 Å². The van der Waals surface area contributed by atoms with Crippen molar-refractivity contribution in [1.82, 2.24) is 20.6 Å². The average molecular weight is 455 g/mol. The van der Waals surface area contributed by atoms with Crippen LogP contribution in [0.5, 0.6) is 5.75 Å². The Balaban J connectivity index is 1.72. The number of amides is 3. The second-order valence-corrected chi connectivity index (χ2v) is 7.52. The smallest absolute Gasteiger partial charge is 0.272 e. The van der Waals surface area contributed by atoms with E-state index < -0.39 is 42.0 Å². The summed E-state index contributed by atoms with van der Waals surface area (Å²) >= 11 is 0. The maximum absolute atomic E-state index is 12.8. The summed E-state index contributed by atoms with van der Waals surface area (Å²) in [4.78, 5) is 44.8. The van der Waals surface area contributed by atoms with Gasteiger partial charge in [-0.1, -0.05) is 18.2 Å². The molecule has 0 bridgehead atoms. The van der Waals surface area contributed by atoms with E-state index in [1.807, 2.05) is 0 Å². The first-order valence-corrected chi connectivity index (χ1v) is 10.1. The largest absolute Gasteiger partial charge is 0.497 e. The minimum atomic E-state index is -1.34. The summed E-state index contributed by atoms with van der Waals surface area (Å²) in [6, 6.07) is 4.88. The molecule has 1 aliphatic carbocycles. The van der Waals surface area contributed by atoms with Crippen LogP contribution < -0.4 is 21.1 Å². The Bertz CT molecular complexity index is 1030. The molecular weight excluding hydrogens is 430 g/mol. The Morgan fingerprint density at radius 3 is 2.52 bits per heavy atom. The third-order valence-corrected chi connectivity index (χ3v) is 5.20. The lowest BCUT2D eigenvalue weighted by Gasteiger charge is -2.31. The highest BCUT2D eigenvalue weighted by Gasteiger charge is 2.34. The number of nitrogens with two attached hydrogens (primary N) is 1. The summed E-state index contributed by atoms with van der Waals surface area (Å²) in [5.74, 6) is -1.36. The SMILES string of the molecule is COc1ccc(C[C@H](NC(=O)C2=C[C@@H](NC(=O)c3cnccn3)[C@@H](O)[C@H](O)C2)C(N)=O)cc1. The van der Waals surface area contributed by atoms with Crippen LogP contribution in [0.2, 0.25) is 0 Å². The summed E-state index contributed by atoms with van der Waals surface area (Å²) in [6.07, 6.45) is 2.66. The number of primary amides is 1. The van der Waals surface area contributed by atoms with Crippen molar-refractivity contribution in [3.05, 3.63) is 65.8 Å². The zero-order chi connectivity index (χ0) is 24.0. The first-order chi connectivity index (χ1) is 15.8. The van der Waals surface area contributed by atoms with Gasteiger partial charge in [-0.2, -0.15) is 0 Å². The van der Waals surface area contributed by atoms with Crippen LogP contribution in [0, 0.1) is 0 Å². The van der Waals surface area contributed by atoms with Gasteiger partial charge in [0, 0.05) is 30.8 Å². The second-order valence-electron chi connectivity index (χ2n) is 7.52. The standard InChI is InChI=1S/C22H25N5O6/c1-33-14-4-2-12(3-5-14)8-16(20(23)30)27-21(31)13-9-15(19(29)18(28)10-13)26-22(32)17-11-24-6-7-25-17/h2-7,9,11,15-16,18-19,28-29H,8,10H2,1H3,(H2,23,30)(H,26,32)(H,27,31)/t15-,16+,18-,19-/m1/s1. The molecule has 174 valence electrons. The number of aliphatic hydroxyl groups is 2. The van der Waals surface area contributed by atoms with Crippen molar-refractivity contribution in [3.8, 4) is 5.75 Å². The predicted molar refractivity (Wildman–Crippen MR) is 116 cm³/mol. The lowest BCUT2D eigenvalue weighted by molar-refractivity contribution is -0.125. The van der Waals surface area contributed by atoms with E-state index >= 15 is 0 Å². The maximum Gasteiger partial charge on any atom is 0.272 e. The van der Waals surface area contributed by atoms with Gasteiger partial charge in [0.2, 0.25) is 11.8 Å². The van der Waals surface area contributed by atoms with E-state index in [-0.39, 0.29) is 24.1 Å². The number of hydrogen-bond acceptors (Lipinski definition) is 8. The first-order valence-electron chi connectivity index (χ1n) is 10.1. The number of hydrogen-bond donors (Lipinski definition) is 5. The van der Waals surface area contributed by atoms with E-state index in [1.165, 1.54) is 31.8 Å². The Kier molecular flexibility index (Phi) is 7.70. The minimum absolute atomic E-state index is 0.0115. The molecule has 6 N–H and O–H groups in total. The molecule has 1 heterocycles. The van der Waals surface area contributed by atoms with Crippen LogP contribution in [0.15, 0.2) is 54.5 Å². The summed E-state index contributed by atoms with van der Waals surface area (Å²) < 4.78 is 5.10. The Hall–Kier alpha value is -3.83. The number of aromatic nitrogens is 2. The summed E-state index contributed by atoms with van der Waals surface area (Å²) in [6.45, 7) is 0. The molecule has 0 fully saturated rings. The molecule has 4 atom stereocenters. The fourth-order valence-corrected chi connectivity index (χ4v) is 3.38. The van der Waals surface area contributed by atoms with E-state index in [1.54, 1.807) is 24.3 Å². The molecule has 11 nitrogen and oxygen atoms in total. The second kappa shape index (κ2) is 10.7. The van der Waals surface area contributed by atoms with Gasteiger partial charge in [0.15, 0.2) is 0 Å². The van der Waals surface area contributed by atoms with Gasteiger partial charge in [-0.3, -0.25) is 19.4 Å². The number of aliphatic hydroxyl groups excluding tert-OH is 2. The number of benzene rings is 1. The van der Waals surface area contributed by atoms with Crippen LogP contribution in [0.1, 0.15) is 22.5 Å². The fourth-order valence-electron chi connectivity index (χ4n) is 3.38. The normalized spacial score (nSPS) is 20.8. The molecule has 0 radical (unpaired) electrons. The number of carbonyl (C=O) groups excluding carboxylic acids is 3. The van der Waals surface area contributed by atoms with Crippen LogP contribution in [0.4, 0.5) is 0 Å². The molecule has 1 aliphatic rings. The van der Waals surface area contributed by atoms with Crippen molar-refractivity contribution in [2.75, 3.05) is 7.11 Å². The number of ether oxygens (including phenoxy) is 1. The Morgan fingerprint density at radius 2 is 1.91 bits per heavy atom. The molecule has 3 amide bonds. The zero-order valence-electron chi connectivity index (χ0n) is 17.8. The van der Waals surface area contributed by atoms with Gasteiger partial charge >= 0.3 is 0 Å². The van der Waals surface area contributed by atoms with E-state index in [4.69, 9.17) is 10.5 Å². The number of nitrogens with one attached hydrogen (secondary N) is 2. The number of nitrogens with zero attached hydrogens (tertiary/aromatic N) is 2. The average Bonchev–Trinajstić information content (AvgIpc) is 2.82. The van der Waals surface area contributed by atoms with Gasteiger partial charge in [0.25, 0.3) is 5.91 Å². The van der Waals surface area contributed by atoms with Gasteiger partial charge in [0.05, 0.1) is 25.5 Å². The molecule has 11 heteroatoms. The minimum Gasteiger partial charge on any atom is -0.497 e. The van der Waals surface area contributed by atoms with E-state index in [0.29, 0.717) is 5.75 Å². The summed E-state index contributed by atoms with van der Waals surface area (Å²) in [5, 5.41) is 25.6. The van der Waals surface area contributed by atoms with E-state index in [2.05, 4.69) is 20.6 Å². The van der Waals surface area contributed by atoms with Crippen LogP contribution in [0.3, 0.4) is 0 Å². The number of methoxy groups -OCH3 is 1. The van der Waals surface area contributed by atoms with Gasteiger partial charge in [-0.05, 0) is 17.7 Å². The number of rotatable bonds is 8. The quantitative estimate of drug-likeness (QED) is 0.331. The van der Waals surface area contributed by atoms with Crippen molar-refractivity contribution in [2.24, 2.45) is 5.73 Å². The molecule has 0 aliphatic heterocycles. The Morgan fingerprint density at radius 1 is 1.18 bits per heavy atom. The van der Waals surface area contributed by atoms with E-state index in [9.17, 15) is 24.6 Å². The van der Waals surface area contributed by atoms with Crippen LogP contribution >= 0.6 is 0 Å². The summed E-state index contributed by atoms with van der Waals surface area (Å²) in [5.41, 5.74) is 6.33. The molecule has 1 aromatic carbocycles. The highest BCUT2D eigenvalue weighted by Crippen LogP contribution is 2.21. The molecule has 3 rings (SSSR count). The fraction of sp³-hybridized carbons (Fsp3) is 0.318. The van der Waals surface area contributed by atoms with Crippen molar-refractivity contribution >= 4 is 17.7 Å². The van der Waals surface area contributed by atoms with Crippen molar-refractivity contribution in [1.29, 1.82) is 0 Å². The maximum atomic E-state index is 12.8. The van der Waals surface area contributed by atoms with Crippen LogP contribution in [-0.2, 0) is 16.0 Å².